The van der Waals surface area contributed by atoms with Crippen LogP contribution in [-0.2, 0) is 9.53 Å². The summed E-state index contributed by atoms with van der Waals surface area (Å²) in [4.78, 5) is 10.8. The van der Waals surface area contributed by atoms with Crippen LogP contribution in [0.1, 0.15) is 19.8 Å². The molecule has 0 aromatic rings. The first-order valence-electron chi connectivity index (χ1n) is 4.19. The predicted octanol–water partition coefficient (Wildman–Crippen LogP) is 0.878. The maximum absolute atomic E-state index is 10.8. The first-order chi connectivity index (χ1) is 5.72. The standard InChI is InChI=1S/C9H14O3/c1-2-12-8(11)3-4-9(7-10)5-6-9/h3-4,10H,2,5-7H2,1H3/b4-3+. The average molecular weight is 170 g/mol. The van der Waals surface area contributed by atoms with Gasteiger partial charge in [-0.25, -0.2) is 4.79 Å². The predicted molar refractivity (Wildman–Crippen MR) is 44.5 cm³/mol. The average Bonchev–Trinajstić information content (AvgIpc) is 2.82. The Morgan fingerprint density at radius 2 is 2.33 bits per heavy atom. The zero-order chi connectivity index (χ0) is 9.03. The second kappa shape index (κ2) is 3.72. The van der Waals surface area contributed by atoms with Crippen molar-refractivity contribution in [1.82, 2.24) is 0 Å². The Bertz CT molecular complexity index is 192. The zero-order valence-corrected chi connectivity index (χ0v) is 7.25. The van der Waals surface area contributed by atoms with Crippen molar-refractivity contribution in [2.75, 3.05) is 13.2 Å². The molecule has 1 fully saturated rings. The molecule has 0 amide bonds. The molecule has 3 heteroatoms. The number of carbonyl (C=O) groups is 1. The number of hydrogen-bond donors (Lipinski definition) is 1. The molecular weight excluding hydrogens is 156 g/mol. The summed E-state index contributed by atoms with van der Waals surface area (Å²) in [6, 6.07) is 0. The number of rotatable bonds is 4. The normalized spacial score (nSPS) is 19.5. The molecule has 1 aliphatic carbocycles. The second-order valence-electron chi connectivity index (χ2n) is 3.11. The highest BCUT2D eigenvalue weighted by Crippen LogP contribution is 2.46. The van der Waals surface area contributed by atoms with Crippen LogP contribution in [0, 0.1) is 5.41 Å². The van der Waals surface area contributed by atoms with Crippen molar-refractivity contribution in [1.29, 1.82) is 0 Å². The Kier molecular flexibility index (Phi) is 2.87. The van der Waals surface area contributed by atoms with Gasteiger partial charge in [-0.15, -0.1) is 0 Å². The monoisotopic (exact) mass is 170 g/mol. The van der Waals surface area contributed by atoms with Gasteiger partial charge in [-0.2, -0.15) is 0 Å². The van der Waals surface area contributed by atoms with Gasteiger partial charge < -0.3 is 9.84 Å². The molecule has 0 atom stereocenters. The van der Waals surface area contributed by atoms with Gasteiger partial charge in [0.2, 0.25) is 0 Å². The Morgan fingerprint density at radius 3 is 2.75 bits per heavy atom. The Morgan fingerprint density at radius 1 is 1.67 bits per heavy atom. The fourth-order valence-corrected chi connectivity index (χ4v) is 0.973. The molecule has 0 aliphatic heterocycles. The molecule has 0 aromatic heterocycles. The first-order valence-corrected chi connectivity index (χ1v) is 4.19. The minimum atomic E-state index is -0.322. The van der Waals surface area contributed by atoms with E-state index in [2.05, 4.69) is 0 Å². The minimum Gasteiger partial charge on any atom is -0.463 e. The van der Waals surface area contributed by atoms with Gasteiger partial charge in [0, 0.05) is 11.5 Å². The molecule has 0 spiro atoms. The van der Waals surface area contributed by atoms with Gasteiger partial charge in [0.1, 0.15) is 0 Å². The third-order valence-corrected chi connectivity index (χ3v) is 2.07. The van der Waals surface area contributed by atoms with Gasteiger partial charge in [-0.1, -0.05) is 6.08 Å². The molecule has 0 bridgehead atoms. The lowest BCUT2D eigenvalue weighted by molar-refractivity contribution is -0.137. The van der Waals surface area contributed by atoms with E-state index in [0.29, 0.717) is 6.61 Å². The maximum atomic E-state index is 10.8. The fourth-order valence-electron chi connectivity index (χ4n) is 0.973. The number of hydrogen-bond acceptors (Lipinski definition) is 3. The van der Waals surface area contributed by atoms with Crippen LogP contribution < -0.4 is 0 Å². The lowest BCUT2D eigenvalue weighted by Crippen LogP contribution is -2.05. The quantitative estimate of drug-likeness (QED) is 0.503. The Balaban J connectivity index is 2.34. The minimum absolute atomic E-state index is 0.104. The third-order valence-electron chi connectivity index (χ3n) is 2.07. The third kappa shape index (κ3) is 2.34. The first kappa shape index (κ1) is 9.26. The number of aliphatic hydroxyl groups excluding tert-OH is 1. The van der Waals surface area contributed by atoms with Crippen LogP contribution in [-0.4, -0.2) is 24.3 Å². The topological polar surface area (TPSA) is 46.5 Å². The summed E-state index contributed by atoms with van der Waals surface area (Å²) in [7, 11) is 0. The van der Waals surface area contributed by atoms with Gasteiger partial charge in [0.15, 0.2) is 0 Å². The summed E-state index contributed by atoms with van der Waals surface area (Å²) in [5.41, 5.74) is -0.104. The molecule has 0 heterocycles. The van der Waals surface area contributed by atoms with E-state index in [4.69, 9.17) is 9.84 Å². The van der Waals surface area contributed by atoms with E-state index in [-0.39, 0.29) is 18.0 Å². The summed E-state index contributed by atoms with van der Waals surface area (Å²) in [6.45, 7) is 2.29. The summed E-state index contributed by atoms with van der Waals surface area (Å²) in [5, 5.41) is 8.90. The van der Waals surface area contributed by atoms with Gasteiger partial charge >= 0.3 is 5.97 Å². The van der Waals surface area contributed by atoms with Crippen molar-refractivity contribution in [3.63, 3.8) is 0 Å². The van der Waals surface area contributed by atoms with Crippen LogP contribution in [0.15, 0.2) is 12.2 Å². The van der Waals surface area contributed by atoms with Crippen molar-refractivity contribution in [3.05, 3.63) is 12.2 Å². The van der Waals surface area contributed by atoms with E-state index in [1.54, 1.807) is 13.0 Å². The van der Waals surface area contributed by atoms with Gasteiger partial charge in [0.05, 0.1) is 13.2 Å². The molecule has 0 radical (unpaired) electrons. The van der Waals surface area contributed by atoms with Crippen molar-refractivity contribution in [3.8, 4) is 0 Å². The molecule has 0 unspecified atom stereocenters. The Labute approximate surface area is 72.0 Å². The molecule has 1 aliphatic rings. The van der Waals surface area contributed by atoms with E-state index < -0.39 is 0 Å². The smallest absolute Gasteiger partial charge is 0.330 e. The summed E-state index contributed by atoms with van der Waals surface area (Å²) < 4.78 is 4.70. The van der Waals surface area contributed by atoms with Crippen LogP contribution in [0.3, 0.4) is 0 Å². The maximum Gasteiger partial charge on any atom is 0.330 e. The van der Waals surface area contributed by atoms with Gasteiger partial charge in [0.25, 0.3) is 0 Å². The van der Waals surface area contributed by atoms with E-state index in [1.807, 2.05) is 0 Å². The number of aliphatic hydroxyl groups is 1. The summed E-state index contributed by atoms with van der Waals surface area (Å²) in [6.07, 6.45) is 5.11. The van der Waals surface area contributed by atoms with Crippen LogP contribution in [0.2, 0.25) is 0 Å². The number of carbonyl (C=O) groups excluding carboxylic acids is 1. The van der Waals surface area contributed by atoms with Crippen LogP contribution >= 0.6 is 0 Å². The van der Waals surface area contributed by atoms with Gasteiger partial charge in [-0.3, -0.25) is 0 Å². The molecular formula is C9H14O3. The van der Waals surface area contributed by atoms with Crippen LogP contribution in [0.4, 0.5) is 0 Å². The lowest BCUT2D eigenvalue weighted by atomic mass is 10.1. The summed E-state index contributed by atoms with van der Waals surface area (Å²) >= 11 is 0. The van der Waals surface area contributed by atoms with E-state index in [0.717, 1.165) is 12.8 Å². The zero-order valence-electron chi connectivity index (χ0n) is 7.25. The highest BCUT2D eigenvalue weighted by molar-refractivity contribution is 5.82. The van der Waals surface area contributed by atoms with Crippen molar-refractivity contribution in [2.45, 2.75) is 19.8 Å². The van der Waals surface area contributed by atoms with Crippen molar-refractivity contribution >= 4 is 5.97 Å². The largest absolute Gasteiger partial charge is 0.463 e. The lowest BCUT2D eigenvalue weighted by Gasteiger charge is -2.02. The van der Waals surface area contributed by atoms with E-state index >= 15 is 0 Å². The molecule has 0 saturated heterocycles. The van der Waals surface area contributed by atoms with Crippen LogP contribution in [0.5, 0.6) is 0 Å². The molecule has 1 N–H and O–H groups in total. The number of ether oxygens (including phenoxy) is 1. The fraction of sp³-hybridized carbons (Fsp3) is 0.667. The van der Waals surface area contributed by atoms with E-state index in [1.165, 1.54) is 6.08 Å². The molecule has 1 rings (SSSR count). The highest BCUT2D eigenvalue weighted by atomic mass is 16.5. The van der Waals surface area contributed by atoms with Crippen molar-refractivity contribution < 1.29 is 14.6 Å². The van der Waals surface area contributed by atoms with E-state index in [9.17, 15) is 4.79 Å². The molecule has 0 aromatic carbocycles. The highest BCUT2D eigenvalue weighted by Gasteiger charge is 2.39. The second-order valence-corrected chi connectivity index (χ2v) is 3.11. The van der Waals surface area contributed by atoms with Gasteiger partial charge in [-0.05, 0) is 19.8 Å². The molecule has 3 nitrogen and oxygen atoms in total. The summed E-state index contributed by atoms with van der Waals surface area (Å²) in [5.74, 6) is -0.322. The molecule has 68 valence electrons. The molecule has 1 saturated carbocycles. The van der Waals surface area contributed by atoms with Crippen molar-refractivity contribution in [2.24, 2.45) is 5.41 Å². The van der Waals surface area contributed by atoms with Crippen LogP contribution in [0.25, 0.3) is 0 Å². The Hall–Kier alpha value is -0.830. The molecule has 12 heavy (non-hydrogen) atoms. The number of esters is 1. The SMILES string of the molecule is CCOC(=O)/C=C/C1(CO)CC1.